The third-order valence-electron chi connectivity index (χ3n) is 2.68. The third kappa shape index (κ3) is 5.05. The van der Waals surface area contributed by atoms with Crippen molar-refractivity contribution in [3.8, 4) is 5.75 Å². The van der Waals surface area contributed by atoms with Gasteiger partial charge in [0.1, 0.15) is 5.75 Å². The van der Waals surface area contributed by atoms with Crippen molar-refractivity contribution in [1.82, 2.24) is 0 Å². The van der Waals surface area contributed by atoms with Gasteiger partial charge >= 0.3 is 0 Å². The molecule has 0 saturated heterocycles. The van der Waals surface area contributed by atoms with Crippen LogP contribution in [0.4, 0.5) is 0 Å². The monoisotopic (exact) mass is 234 g/mol. The van der Waals surface area contributed by atoms with Crippen molar-refractivity contribution in [3.63, 3.8) is 0 Å². The molecular formula is C15H22O2. The van der Waals surface area contributed by atoms with Gasteiger partial charge < -0.3 is 9.84 Å². The summed E-state index contributed by atoms with van der Waals surface area (Å²) >= 11 is 0. The molecule has 0 aliphatic rings. The van der Waals surface area contributed by atoms with Crippen LogP contribution in [0.5, 0.6) is 5.75 Å². The Hall–Kier alpha value is -1.28. The van der Waals surface area contributed by atoms with E-state index in [1.165, 1.54) is 5.56 Å². The summed E-state index contributed by atoms with van der Waals surface area (Å²) in [5.74, 6) is 0.905. The van der Waals surface area contributed by atoms with Gasteiger partial charge in [0.25, 0.3) is 0 Å². The molecule has 1 aromatic carbocycles. The van der Waals surface area contributed by atoms with Gasteiger partial charge in [0.05, 0.1) is 13.2 Å². The molecule has 1 N–H and O–H groups in total. The first-order valence-electron chi connectivity index (χ1n) is 6.12. The number of hydrogen-bond donors (Lipinski definition) is 1. The van der Waals surface area contributed by atoms with E-state index in [0.29, 0.717) is 0 Å². The standard InChI is InChI=1S/C15H22O2/c1-12-9-10-15(17-3)14(11-12)8-6-4-5-7-13(2)16/h6,8-11,13,16H,4-5,7H2,1-3H3/b8-6+. The second-order valence-electron chi connectivity index (χ2n) is 4.43. The zero-order chi connectivity index (χ0) is 12.7. The highest BCUT2D eigenvalue weighted by Gasteiger charge is 1.99. The Morgan fingerprint density at radius 3 is 2.82 bits per heavy atom. The minimum absolute atomic E-state index is 0.197. The van der Waals surface area contributed by atoms with Gasteiger partial charge in [0.15, 0.2) is 0 Å². The van der Waals surface area contributed by atoms with Gasteiger partial charge in [0, 0.05) is 5.56 Å². The van der Waals surface area contributed by atoms with E-state index in [1.807, 2.05) is 19.1 Å². The Labute approximate surface area is 104 Å². The number of aliphatic hydroxyl groups is 1. The molecule has 0 aromatic heterocycles. The number of unbranched alkanes of at least 4 members (excludes halogenated alkanes) is 1. The van der Waals surface area contributed by atoms with Gasteiger partial charge in [-0.3, -0.25) is 0 Å². The third-order valence-corrected chi connectivity index (χ3v) is 2.68. The predicted octanol–water partition coefficient (Wildman–Crippen LogP) is 3.57. The maximum Gasteiger partial charge on any atom is 0.126 e. The van der Waals surface area contributed by atoms with Crippen LogP contribution in [0.25, 0.3) is 6.08 Å². The van der Waals surface area contributed by atoms with Crippen molar-refractivity contribution >= 4 is 6.08 Å². The number of hydrogen-bond acceptors (Lipinski definition) is 2. The Morgan fingerprint density at radius 1 is 1.41 bits per heavy atom. The van der Waals surface area contributed by atoms with E-state index < -0.39 is 0 Å². The first-order valence-corrected chi connectivity index (χ1v) is 6.12. The first-order chi connectivity index (χ1) is 8.13. The minimum atomic E-state index is -0.197. The highest BCUT2D eigenvalue weighted by atomic mass is 16.5. The number of allylic oxidation sites excluding steroid dienone is 1. The first kappa shape index (κ1) is 13.8. The SMILES string of the molecule is COc1ccc(C)cc1/C=C/CCCC(C)O. The van der Waals surface area contributed by atoms with Gasteiger partial charge in [-0.1, -0.05) is 23.8 Å². The van der Waals surface area contributed by atoms with E-state index in [9.17, 15) is 0 Å². The second-order valence-corrected chi connectivity index (χ2v) is 4.43. The van der Waals surface area contributed by atoms with E-state index in [-0.39, 0.29) is 6.10 Å². The molecule has 2 heteroatoms. The second kappa shape index (κ2) is 7.13. The molecule has 0 fully saturated rings. The van der Waals surface area contributed by atoms with Crippen LogP contribution in [-0.2, 0) is 0 Å². The summed E-state index contributed by atoms with van der Waals surface area (Å²) in [7, 11) is 1.69. The molecule has 17 heavy (non-hydrogen) atoms. The highest BCUT2D eigenvalue weighted by molar-refractivity contribution is 5.58. The van der Waals surface area contributed by atoms with Crippen molar-refractivity contribution in [2.45, 2.75) is 39.2 Å². The predicted molar refractivity (Wildman–Crippen MR) is 72.3 cm³/mol. The fourth-order valence-electron chi connectivity index (χ4n) is 1.73. The lowest BCUT2D eigenvalue weighted by atomic mass is 10.1. The smallest absolute Gasteiger partial charge is 0.126 e. The van der Waals surface area contributed by atoms with E-state index in [1.54, 1.807) is 7.11 Å². The molecule has 1 rings (SSSR count). The topological polar surface area (TPSA) is 29.5 Å². The normalized spacial score (nSPS) is 12.9. The lowest BCUT2D eigenvalue weighted by molar-refractivity contribution is 0.182. The molecule has 94 valence electrons. The van der Waals surface area contributed by atoms with Gasteiger partial charge in [-0.25, -0.2) is 0 Å². The molecular weight excluding hydrogens is 212 g/mol. The minimum Gasteiger partial charge on any atom is -0.496 e. The van der Waals surface area contributed by atoms with Crippen molar-refractivity contribution < 1.29 is 9.84 Å². The fraction of sp³-hybridized carbons (Fsp3) is 0.467. The largest absolute Gasteiger partial charge is 0.496 e. The maximum absolute atomic E-state index is 9.14. The van der Waals surface area contributed by atoms with Crippen molar-refractivity contribution in [3.05, 3.63) is 35.4 Å². The van der Waals surface area contributed by atoms with E-state index in [4.69, 9.17) is 9.84 Å². The number of aliphatic hydroxyl groups excluding tert-OH is 1. The van der Waals surface area contributed by atoms with Crippen molar-refractivity contribution in [1.29, 1.82) is 0 Å². The zero-order valence-corrected chi connectivity index (χ0v) is 10.9. The highest BCUT2D eigenvalue weighted by Crippen LogP contribution is 2.21. The number of aryl methyl sites for hydroxylation is 1. The molecule has 0 aliphatic heterocycles. The Balaban J connectivity index is 2.55. The van der Waals surface area contributed by atoms with Gasteiger partial charge in [0.2, 0.25) is 0 Å². The number of ether oxygens (including phenoxy) is 1. The van der Waals surface area contributed by atoms with Crippen molar-refractivity contribution in [2.75, 3.05) is 7.11 Å². The van der Waals surface area contributed by atoms with E-state index >= 15 is 0 Å². The summed E-state index contributed by atoms with van der Waals surface area (Å²) in [6, 6.07) is 6.15. The molecule has 1 aromatic rings. The van der Waals surface area contributed by atoms with Crippen LogP contribution >= 0.6 is 0 Å². The van der Waals surface area contributed by atoms with Crippen molar-refractivity contribution in [2.24, 2.45) is 0 Å². The quantitative estimate of drug-likeness (QED) is 0.762. The molecule has 1 unspecified atom stereocenters. The van der Waals surface area contributed by atoms with Gasteiger partial charge in [-0.2, -0.15) is 0 Å². The Bertz CT molecular complexity index is 367. The van der Waals surface area contributed by atoms with Crippen LogP contribution in [0.1, 0.15) is 37.3 Å². The Kier molecular flexibility index (Phi) is 5.78. The van der Waals surface area contributed by atoms with E-state index in [2.05, 4.69) is 25.1 Å². The summed E-state index contributed by atoms with van der Waals surface area (Å²) in [5.41, 5.74) is 2.35. The molecule has 2 nitrogen and oxygen atoms in total. The average molecular weight is 234 g/mol. The molecule has 0 bridgehead atoms. The molecule has 1 atom stereocenters. The fourth-order valence-corrected chi connectivity index (χ4v) is 1.73. The summed E-state index contributed by atoms with van der Waals surface area (Å²) in [5, 5.41) is 9.14. The van der Waals surface area contributed by atoms with Crippen LogP contribution in [-0.4, -0.2) is 18.3 Å². The van der Waals surface area contributed by atoms with Gasteiger partial charge in [-0.15, -0.1) is 0 Å². The summed E-state index contributed by atoms with van der Waals surface area (Å²) in [6.07, 6.45) is 6.89. The molecule has 0 saturated carbocycles. The summed E-state index contributed by atoms with van der Waals surface area (Å²) in [4.78, 5) is 0. The number of rotatable bonds is 6. The van der Waals surface area contributed by atoms with Crippen LogP contribution in [0.15, 0.2) is 24.3 Å². The maximum atomic E-state index is 9.14. The molecule has 0 radical (unpaired) electrons. The average Bonchev–Trinajstić information content (AvgIpc) is 2.28. The van der Waals surface area contributed by atoms with Crippen LogP contribution in [0.2, 0.25) is 0 Å². The molecule has 0 amide bonds. The summed E-state index contributed by atoms with van der Waals surface area (Å²) in [6.45, 7) is 3.90. The molecule has 0 spiro atoms. The van der Waals surface area contributed by atoms with Crippen LogP contribution in [0, 0.1) is 6.92 Å². The lowest BCUT2D eigenvalue weighted by Crippen LogP contribution is -1.97. The lowest BCUT2D eigenvalue weighted by Gasteiger charge is -2.05. The Morgan fingerprint density at radius 2 is 2.18 bits per heavy atom. The van der Waals surface area contributed by atoms with E-state index in [0.717, 1.165) is 30.6 Å². The number of methoxy groups -OCH3 is 1. The zero-order valence-electron chi connectivity index (χ0n) is 10.9. The molecule has 0 heterocycles. The number of benzene rings is 1. The van der Waals surface area contributed by atoms with Crippen LogP contribution in [0.3, 0.4) is 0 Å². The summed E-state index contributed by atoms with van der Waals surface area (Å²) < 4.78 is 5.30. The molecule has 0 aliphatic carbocycles. The van der Waals surface area contributed by atoms with Crippen LogP contribution < -0.4 is 4.74 Å². The van der Waals surface area contributed by atoms with Gasteiger partial charge in [-0.05, 0) is 45.2 Å².